The first-order valence-electron chi connectivity index (χ1n) is 7.92. The van der Waals surface area contributed by atoms with Gasteiger partial charge >= 0.3 is 0 Å². The first kappa shape index (κ1) is 15.3. The topological polar surface area (TPSA) is 29.1 Å². The fourth-order valence-electron chi connectivity index (χ4n) is 2.83. The first-order valence-corrected chi connectivity index (χ1v) is 7.92. The molecular weight excluding hydrogens is 282 g/mol. The number of rotatable bonds is 3. The summed E-state index contributed by atoms with van der Waals surface area (Å²) in [5.41, 5.74) is 4.03. The number of aryl methyl sites for hydroxylation is 1. The molecule has 116 valence electrons. The predicted octanol–water partition coefficient (Wildman–Crippen LogP) is 4.95. The molecule has 0 radical (unpaired) electrons. The van der Waals surface area contributed by atoms with Crippen LogP contribution >= 0.6 is 0 Å². The molecule has 0 spiro atoms. The van der Waals surface area contributed by atoms with Crippen LogP contribution < -0.4 is 5.32 Å². The van der Waals surface area contributed by atoms with Crippen molar-refractivity contribution >= 4 is 16.7 Å². The van der Waals surface area contributed by atoms with E-state index in [1.165, 1.54) is 10.8 Å². The third-order valence-electron chi connectivity index (χ3n) is 4.47. The lowest BCUT2D eigenvalue weighted by Crippen LogP contribution is -2.27. The number of hydrogen-bond acceptors (Lipinski definition) is 1. The lowest BCUT2D eigenvalue weighted by atomic mass is 10.0. The Morgan fingerprint density at radius 2 is 1.65 bits per heavy atom. The van der Waals surface area contributed by atoms with Gasteiger partial charge in [-0.3, -0.25) is 4.79 Å². The van der Waals surface area contributed by atoms with Crippen molar-refractivity contribution in [3.05, 3.63) is 82.9 Å². The summed E-state index contributed by atoms with van der Waals surface area (Å²) in [6, 6.07) is 20.4. The van der Waals surface area contributed by atoms with E-state index in [-0.39, 0.29) is 11.9 Å². The van der Waals surface area contributed by atoms with E-state index in [0.29, 0.717) is 0 Å². The van der Waals surface area contributed by atoms with Crippen molar-refractivity contribution in [3.63, 3.8) is 0 Å². The van der Waals surface area contributed by atoms with Crippen molar-refractivity contribution in [2.24, 2.45) is 0 Å². The molecule has 1 unspecified atom stereocenters. The summed E-state index contributed by atoms with van der Waals surface area (Å²) in [6.07, 6.45) is 0. The minimum Gasteiger partial charge on any atom is -0.346 e. The average Bonchev–Trinajstić information content (AvgIpc) is 2.56. The maximum absolute atomic E-state index is 12.6. The van der Waals surface area contributed by atoms with Gasteiger partial charge in [-0.1, -0.05) is 48.5 Å². The van der Waals surface area contributed by atoms with Crippen molar-refractivity contribution in [1.29, 1.82) is 0 Å². The summed E-state index contributed by atoms with van der Waals surface area (Å²) in [5, 5.41) is 5.51. The Hall–Kier alpha value is -2.61. The van der Waals surface area contributed by atoms with Gasteiger partial charge in [0, 0.05) is 5.56 Å². The second kappa shape index (κ2) is 6.25. The number of carbonyl (C=O) groups excluding carboxylic acids is 1. The molecule has 1 amide bonds. The highest BCUT2D eigenvalue weighted by molar-refractivity contribution is 5.96. The summed E-state index contributed by atoms with van der Waals surface area (Å²) < 4.78 is 0. The zero-order valence-electron chi connectivity index (χ0n) is 13.8. The van der Waals surface area contributed by atoms with Gasteiger partial charge in [0.15, 0.2) is 0 Å². The average molecular weight is 303 g/mol. The fourth-order valence-corrected chi connectivity index (χ4v) is 2.83. The summed E-state index contributed by atoms with van der Waals surface area (Å²) in [5.74, 6) is -0.0214. The Balaban J connectivity index is 1.83. The molecule has 0 heterocycles. The van der Waals surface area contributed by atoms with E-state index in [2.05, 4.69) is 35.6 Å². The van der Waals surface area contributed by atoms with Crippen LogP contribution in [0.3, 0.4) is 0 Å². The first-order chi connectivity index (χ1) is 11.1. The molecule has 0 fully saturated rings. The van der Waals surface area contributed by atoms with Gasteiger partial charge in [0.2, 0.25) is 0 Å². The molecule has 3 aromatic rings. The van der Waals surface area contributed by atoms with Gasteiger partial charge in [0.25, 0.3) is 5.91 Å². The van der Waals surface area contributed by atoms with Crippen LogP contribution in [-0.4, -0.2) is 5.91 Å². The van der Waals surface area contributed by atoms with Crippen molar-refractivity contribution < 1.29 is 4.79 Å². The quantitative estimate of drug-likeness (QED) is 0.729. The monoisotopic (exact) mass is 303 g/mol. The molecular formula is C21H21NO. The molecule has 0 aliphatic heterocycles. The zero-order chi connectivity index (χ0) is 16.4. The normalized spacial score (nSPS) is 12.1. The van der Waals surface area contributed by atoms with Crippen LogP contribution in [0, 0.1) is 13.8 Å². The predicted molar refractivity (Wildman–Crippen MR) is 95.7 cm³/mol. The highest BCUT2D eigenvalue weighted by Crippen LogP contribution is 2.21. The molecule has 1 N–H and O–H groups in total. The standard InChI is InChI=1S/C21H21NO/c1-14-7-6-10-20(15(14)2)21(23)22-16(3)18-12-11-17-8-4-5-9-19(17)13-18/h4-13,16H,1-3H3,(H,22,23). The van der Waals surface area contributed by atoms with Gasteiger partial charge in [0.1, 0.15) is 0 Å². The number of fused-ring (bicyclic) bond motifs is 1. The molecule has 3 aromatic carbocycles. The lowest BCUT2D eigenvalue weighted by molar-refractivity contribution is 0.0939. The zero-order valence-corrected chi connectivity index (χ0v) is 13.8. The Bertz CT molecular complexity index is 867. The maximum Gasteiger partial charge on any atom is 0.252 e. The summed E-state index contributed by atoms with van der Waals surface area (Å²) >= 11 is 0. The Morgan fingerprint density at radius 3 is 2.43 bits per heavy atom. The van der Waals surface area contributed by atoms with Crippen LogP contribution in [-0.2, 0) is 0 Å². The minimum absolute atomic E-state index is 0.0214. The minimum atomic E-state index is -0.0352. The van der Waals surface area contributed by atoms with Crippen LogP contribution in [0.25, 0.3) is 10.8 Å². The van der Waals surface area contributed by atoms with E-state index >= 15 is 0 Å². The molecule has 2 nitrogen and oxygen atoms in total. The maximum atomic E-state index is 12.6. The van der Waals surface area contributed by atoms with Gasteiger partial charge in [-0.25, -0.2) is 0 Å². The van der Waals surface area contributed by atoms with Crippen LogP contribution in [0.5, 0.6) is 0 Å². The molecule has 3 rings (SSSR count). The number of carbonyl (C=O) groups is 1. The van der Waals surface area contributed by atoms with E-state index in [1.807, 2.05) is 51.1 Å². The molecule has 0 bridgehead atoms. The smallest absolute Gasteiger partial charge is 0.252 e. The van der Waals surface area contributed by atoms with Crippen molar-refractivity contribution in [3.8, 4) is 0 Å². The molecule has 0 saturated heterocycles. The largest absolute Gasteiger partial charge is 0.346 e. The number of benzene rings is 3. The SMILES string of the molecule is Cc1cccc(C(=O)NC(C)c2ccc3ccccc3c2)c1C. The highest BCUT2D eigenvalue weighted by Gasteiger charge is 2.14. The van der Waals surface area contributed by atoms with E-state index < -0.39 is 0 Å². The third-order valence-corrected chi connectivity index (χ3v) is 4.47. The number of hydrogen-bond donors (Lipinski definition) is 1. The Labute approximate surface area is 137 Å². The van der Waals surface area contributed by atoms with Crippen LogP contribution in [0.1, 0.15) is 40.0 Å². The van der Waals surface area contributed by atoms with Crippen molar-refractivity contribution in [1.82, 2.24) is 5.32 Å². The fraction of sp³-hybridized carbons (Fsp3) is 0.190. The second-order valence-electron chi connectivity index (χ2n) is 6.05. The van der Waals surface area contributed by atoms with Crippen LogP contribution in [0.4, 0.5) is 0 Å². The van der Waals surface area contributed by atoms with Gasteiger partial charge in [-0.05, 0) is 60.4 Å². The van der Waals surface area contributed by atoms with Crippen molar-refractivity contribution in [2.45, 2.75) is 26.8 Å². The highest BCUT2D eigenvalue weighted by atomic mass is 16.1. The molecule has 0 aliphatic carbocycles. The van der Waals surface area contributed by atoms with Crippen molar-refractivity contribution in [2.75, 3.05) is 0 Å². The van der Waals surface area contributed by atoms with Gasteiger partial charge in [-0.2, -0.15) is 0 Å². The Kier molecular flexibility index (Phi) is 4.16. The number of amides is 1. The molecule has 2 heteroatoms. The Morgan fingerprint density at radius 1 is 0.913 bits per heavy atom. The molecule has 0 aromatic heterocycles. The van der Waals surface area contributed by atoms with Gasteiger partial charge in [-0.15, -0.1) is 0 Å². The van der Waals surface area contributed by atoms with Gasteiger partial charge in [0.05, 0.1) is 6.04 Å². The summed E-state index contributed by atoms with van der Waals surface area (Å²) in [7, 11) is 0. The molecule has 0 saturated carbocycles. The lowest BCUT2D eigenvalue weighted by Gasteiger charge is -2.16. The van der Waals surface area contributed by atoms with Gasteiger partial charge < -0.3 is 5.32 Å². The summed E-state index contributed by atoms with van der Waals surface area (Å²) in [6.45, 7) is 6.04. The molecule has 0 aliphatic rings. The van der Waals surface area contributed by atoms with Crippen LogP contribution in [0.2, 0.25) is 0 Å². The van der Waals surface area contributed by atoms with E-state index in [1.54, 1.807) is 0 Å². The third kappa shape index (κ3) is 3.11. The van der Waals surface area contributed by atoms with E-state index in [9.17, 15) is 4.79 Å². The second-order valence-corrected chi connectivity index (χ2v) is 6.05. The summed E-state index contributed by atoms with van der Waals surface area (Å²) in [4.78, 5) is 12.6. The number of nitrogens with one attached hydrogen (secondary N) is 1. The van der Waals surface area contributed by atoms with E-state index in [0.717, 1.165) is 22.3 Å². The van der Waals surface area contributed by atoms with E-state index in [4.69, 9.17) is 0 Å². The molecule has 23 heavy (non-hydrogen) atoms. The molecule has 1 atom stereocenters. The van der Waals surface area contributed by atoms with Crippen LogP contribution in [0.15, 0.2) is 60.7 Å².